The molecule has 7 heteroatoms. The number of nitrogens with zero attached hydrogens (tertiary/aromatic N) is 1. The van der Waals surface area contributed by atoms with Gasteiger partial charge in [0.05, 0.1) is 19.8 Å². The first kappa shape index (κ1) is 14.1. The Morgan fingerprint density at radius 3 is 2.40 bits per heavy atom. The topological polar surface area (TPSA) is 48.4 Å². The van der Waals surface area contributed by atoms with Gasteiger partial charge >= 0.3 is 12.1 Å². The summed E-state index contributed by atoms with van der Waals surface area (Å²) in [4.78, 5) is 15.1. The number of ether oxygens (including phenoxy) is 2. The van der Waals surface area contributed by atoms with Crippen LogP contribution in [0.3, 0.4) is 0 Å². The maximum Gasteiger partial charge on any atom is 0.433 e. The summed E-state index contributed by atoms with van der Waals surface area (Å²) in [5, 5.41) is 0.240. The average molecular weight is 285 g/mol. The number of halogens is 3. The molecular formula is C13H10F3NO3. The molecule has 2 aromatic rings. The summed E-state index contributed by atoms with van der Waals surface area (Å²) in [6, 6.07) is 4.79. The second-order valence-corrected chi connectivity index (χ2v) is 3.90. The van der Waals surface area contributed by atoms with E-state index in [1.165, 1.54) is 32.4 Å². The van der Waals surface area contributed by atoms with Crippen LogP contribution in [0.2, 0.25) is 0 Å². The highest BCUT2D eigenvalue weighted by Gasteiger charge is 2.33. The van der Waals surface area contributed by atoms with Gasteiger partial charge in [-0.25, -0.2) is 9.78 Å². The van der Waals surface area contributed by atoms with Gasteiger partial charge in [0.1, 0.15) is 17.0 Å². The first-order valence-corrected chi connectivity index (χ1v) is 5.51. The minimum atomic E-state index is -4.57. The zero-order valence-electron chi connectivity index (χ0n) is 10.6. The van der Waals surface area contributed by atoms with Crippen LogP contribution in [-0.4, -0.2) is 25.2 Å². The van der Waals surface area contributed by atoms with Crippen molar-refractivity contribution in [3.8, 4) is 5.75 Å². The number of alkyl halides is 3. The van der Waals surface area contributed by atoms with E-state index in [0.717, 1.165) is 6.07 Å². The van der Waals surface area contributed by atoms with Crippen molar-refractivity contribution in [2.24, 2.45) is 0 Å². The average Bonchev–Trinajstić information content (AvgIpc) is 2.43. The van der Waals surface area contributed by atoms with E-state index in [-0.39, 0.29) is 22.2 Å². The van der Waals surface area contributed by atoms with Crippen LogP contribution in [0.4, 0.5) is 13.2 Å². The Morgan fingerprint density at radius 1 is 1.15 bits per heavy atom. The minimum absolute atomic E-state index is 0.0368. The quantitative estimate of drug-likeness (QED) is 0.796. The highest BCUT2D eigenvalue weighted by molar-refractivity contribution is 6.05. The molecule has 0 bridgehead atoms. The molecule has 0 amide bonds. The normalized spacial score (nSPS) is 11.4. The third-order valence-electron chi connectivity index (χ3n) is 2.74. The van der Waals surface area contributed by atoms with E-state index in [9.17, 15) is 18.0 Å². The summed E-state index contributed by atoms with van der Waals surface area (Å²) in [5.74, 6) is -0.502. The smallest absolute Gasteiger partial charge is 0.433 e. The molecule has 0 aliphatic heterocycles. The summed E-state index contributed by atoms with van der Waals surface area (Å²) in [7, 11) is 2.50. The summed E-state index contributed by atoms with van der Waals surface area (Å²) in [6.07, 6.45) is -4.57. The molecule has 0 unspecified atom stereocenters. The Hall–Kier alpha value is -2.31. The number of hydrogen-bond acceptors (Lipinski definition) is 4. The van der Waals surface area contributed by atoms with Crippen LogP contribution >= 0.6 is 0 Å². The van der Waals surface area contributed by atoms with Crippen molar-refractivity contribution >= 4 is 16.9 Å². The number of esters is 1. The predicted molar refractivity (Wildman–Crippen MR) is 64.6 cm³/mol. The van der Waals surface area contributed by atoms with Crippen molar-refractivity contribution in [1.82, 2.24) is 4.98 Å². The van der Waals surface area contributed by atoms with Gasteiger partial charge in [0.15, 0.2) is 0 Å². The molecule has 1 heterocycles. The van der Waals surface area contributed by atoms with E-state index in [0.29, 0.717) is 0 Å². The highest BCUT2D eigenvalue weighted by atomic mass is 19.4. The number of hydrogen-bond donors (Lipinski definition) is 0. The molecule has 0 atom stereocenters. The van der Waals surface area contributed by atoms with Crippen molar-refractivity contribution in [3.63, 3.8) is 0 Å². The fourth-order valence-electron chi connectivity index (χ4n) is 1.80. The van der Waals surface area contributed by atoms with E-state index in [2.05, 4.69) is 9.72 Å². The largest absolute Gasteiger partial charge is 0.494 e. The number of fused-ring (bicyclic) bond motifs is 1. The Balaban J connectivity index is 2.76. The van der Waals surface area contributed by atoms with Crippen LogP contribution in [0.1, 0.15) is 16.1 Å². The third-order valence-corrected chi connectivity index (χ3v) is 2.74. The number of rotatable bonds is 2. The van der Waals surface area contributed by atoms with Gasteiger partial charge in [-0.15, -0.1) is 0 Å². The minimum Gasteiger partial charge on any atom is -0.494 e. The number of pyridine rings is 1. The standard InChI is InChI=1S/C13H10F3NO3/c1-19-9-5-3-8(12(18)20-2)7-4-6-10(13(14,15)16)17-11(7)9/h3-6H,1-2H3. The molecule has 0 spiro atoms. The molecule has 0 fully saturated rings. The highest BCUT2D eigenvalue weighted by Crippen LogP contribution is 2.33. The monoisotopic (exact) mass is 285 g/mol. The Morgan fingerprint density at radius 2 is 1.85 bits per heavy atom. The van der Waals surface area contributed by atoms with Gasteiger partial charge in [0, 0.05) is 5.39 Å². The number of carbonyl (C=O) groups is 1. The zero-order chi connectivity index (χ0) is 14.9. The second kappa shape index (κ2) is 4.99. The van der Waals surface area contributed by atoms with E-state index in [1.54, 1.807) is 0 Å². The van der Waals surface area contributed by atoms with Crippen molar-refractivity contribution < 1.29 is 27.4 Å². The van der Waals surface area contributed by atoms with Crippen molar-refractivity contribution in [2.45, 2.75) is 6.18 Å². The number of methoxy groups -OCH3 is 2. The molecule has 0 saturated carbocycles. The molecule has 106 valence electrons. The fourth-order valence-corrected chi connectivity index (χ4v) is 1.80. The number of benzene rings is 1. The summed E-state index contributed by atoms with van der Waals surface area (Å²) in [5.41, 5.74) is -0.958. The molecule has 1 aromatic heterocycles. The van der Waals surface area contributed by atoms with Crippen LogP contribution in [0.5, 0.6) is 5.75 Å². The van der Waals surface area contributed by atoms with E-state index >= 15 is 0 Å². The molecular weight excluding hydrogens is 275 g/mol. The molecule has 0 N–H and O–H groups in total. The van der Waals surface area contributed by atoms with Crippen LogP contribution in [0.15, 0.2) is 24.3 Å². The van der Waals surface area contributed by atoms with Crippen molar-refractivity contribution in [3.05, 3.63) is 35.5 Å². The lowest BCUT2D eigenvalue weighted by atomic mass is 10.1. The van der Waals surface area contributed by atoms with E-state index < -0.39 is 17.8 Å². The number of aromatic nitrogens is 1. The zero-order valence-corrected chi connectivity index (χ0v) is 10.6. The van der Waals surface area contributed by atoms with E-state index in [4.69, 9.17) is 4.74 Å². The molecule has 4 nitrogen and oxygen atoms in total. The molecule has 0 saturated heterocycles. The van der Waals surface area contributed by atoms with Gasteiger partial charge in [-0.05, 0) is 24.3 Å². The Kier molecular flexibility index (Phi) is 3.52. The lowest BCUT2D eigenvalue weighted by Gasteiger charge is -2.11. The van der Waals surface area contributed by atoms with Crippen molar-refractivity contribution in [2.75, 3.05) is 14.2 Å². The third kappa shape index (κ3) is 2.38. The van der Waals surface area contributed by atoms with E-state index in [1.807, 2.05) is 0 Å². The molecule has 1 aromatic carbocycles. The predicted octanol–water partition coefficient (Wildman–Crippen LogP) is 3.05. The molecule has 0 aliphatic carbocycles. The SMILES string of the molecule is COC(=O)c1ccc(OC)c2nc(C(F)(F)F)ccc12. The number of carbonyl (C=O) groups excluding carboxylic acids is 1. The molecule has 2 rings (SSSR count). The summed E-state index contributed by atoms with van der Waals surface area (Å²) >= 11 is 0. The molecule has 0 radical (unpaired) electrons. The van der Waals surface area contributed by atoms with Gasteiger partial charge in [-0.3, -0.25) is 0 Å². The van der Waals surface area contributed by atoms with Crippen LogP contribution in [-0.2, 0) is 10.9 Å². The molecule has 0 aliphatic rings. The fraction of sp³-hybridized carbons (Fsp3) is 0.231. The van der Waals surface area contributed by atoms with Crippen LogP contribution in [0, 0.1) is 0 Å². The van der Waals surface area contributed by atoms with Gasteiger partial charge in [0.2, 0.25) is 0 Å². The van der Waals surface area contributed by atoms with Gasteiger partial charge in [-0.2, -0.15) is 13.2 Å². The van der Waals surface area contributed by atoms with Crippen molar-refractivity contribution in [1.29, 1.82) is 0 Å². The molecule has 20 heavy (non-hydrogen) atoms. The summed E-state index contributed by atoms with van der Waals surface area (Å²) in [6.45, 7) is 0. The van der Waals surface area contributed by atoms with Gasteiger partial charge in [0.25, 0.3) is 0 Å². The van der Waals surface area contributed by atoms with Crippen LogP contribution < -0.4 is 4.74 Å². The first-order chi connectivity index (χ1) is 9.38. The maximum absolute atomic E-state index is 12.7. The lowest BCUT2D eigenvalue weighted by Crippen LogP contribution is -2.09. The lowest BCUT2D eigenvalue weighted by molar-refractivity contribution is -0.140. The van der Waals surface area contributed by atoms with Gasteiger partial charge < -0.3 is 9.47 Å². The Labute approximate surface area is 112 Å². The first-order valence-electron chi connectivity index (χ1n) is 5.51. The second-order valence-electron chi connectivity index (χ2n) is 3.90. The Bertz CT molecular complexity index is 668. The maximum atomic E-state index is 12.7. The summed E-state index contributed by atoms with van der Waals surface area (Å²) < 4.78 is 47.6. The van der Waals surface area contributed by atoms with Gasteiger partial charge in [-0.1, -0.05) is 0 Å². The van der Waals surface area contributed by atoms with Crippen LogP contribution in [0.25, 0.3) is 10.9 Å².